The molecule has 1 aromatic rings. The molecule has 0 bridgehead atoms. The van der Waals surface area contributed by atoms with E-state index in [4.69, 9.17) is 5.73 Å². The Balaban J connectivity index is 1.94. The van der Waals surface area contributed by atoms with Crippen LogP contribution < -0.4 is 10.5 Å². The predicted octanol–water partition coefficient (Wildman–Crippen LogP) is 0.0630. The van der Waals surface area contributed by atoms with E-state index in [-0.39, 0.29) is 5.03 Å². The largest absolute Gasteiger partial charge is 0.335 e. The summed E-state index contributed by atoms with van der Waals surface area (Å²) < 4.78 is 26.3. The van der Waals surface area contributed by atoms with E-state index in [0.29, 0.717) is 24.9 Å². The van der Waals surface area contributed by atoms with Crippen LogP contribution in [0.15, 0.2) is 17.6 Å². The maximum atomic E-state index is 11.8. The maximum absolute atomic E-state index is 11.8. The summed E-state index contributed by atoms with van der Waals surface area (Å²) in [7, 11) is -3.44. The van der Waals surface area contributed by atoms with Crippen molar-refractivity contribution in [1.29, 1.82) is 0 Å². The molecule has 7 heteroatoms. The van der Waals surface area contributed by atoms with Gasteiger partial charge in [-0.3, -0.25) is 0 Å². The Morgan fingerprint density at radius 3 is 2.88 bits per heavy atom. The number of rotatable bonds is 5. The maximum Gasteiger partial charge on any atom is 0.257 e. The second kappa shape index (κ2) is 5.16. The number of aromatic nitrogens is 2. The lowest BCUT2D eigenvalue weighted by atomic mass is 9.97. The molecule has 2 rings (SSSR count). The molecule has 2 unspecified atom stereocenters. The molecule has 0 radical (unpaired) electrons. The van der Waals surface area contributed by atoms with Gasteiger partial charge < -0.3 is 10.7 Å². The van der Waals surface area contributed by atoms with E-state index in [1.807, 2.05) is 0 Å². The monoisotopic (exact) mass is 258 g/mol. The summed E-state index contributed by atoms with van der Waals surface area (Å²) in [6.07, 6.45) is 5.95. The summed E-state index contributed by atoms with van der Waals surface area (Å²) in [5, 5.41) is 0.111. The van der Waals surface area contributed by atoms with Crippen LogP contribution in [0.1, 0.15) is 19.3 Å². The number of nitrogens with two attached hydrogens (primary N) is 1. The highest BCUT2D eigenvalue weighted by Gasteiger charge is 2.27. The third-order valence-corrected chi connectivity index (χ3v) is 4.77. The lowest BCUT2D eigenvalue weighted by molar-refractivity contribution is 0.393. The standard InChI is InChI=1S/C10H18N4O2S/c11-4-8-2-1-3-9(8)5-14-17(15,16)10-6-12-7-13-10/h6-9,14H,1-5,11H2,(H,12,13). The van der Waals surface area contributed by atoms with Gasteiger partial charge in [0, 0.05) is 6.54 Å². The van der Waals surface area contributed by atoms with Crippen molar-refractivity contribution in [3.05, 3.63) is 12.5 Å². The van der Waals surface area contributed by atoms with Crippen LogP contribution in [0.25, 0.3) is 0 Å². The van der Waals surface area contributed by atoms with Crippen LogP contribution in [-0.2, 0) is 10.0 Å². The molecule has 0 saturated heterocycles. The van der Waals surface area contributed by atoms with Crippen LogP contribution in [0.5, 0.6) is 0 Å². The van der Waals surface area contributed by atoms with Crippen molar-refractivity contribution in [3.8, 4) is 0 Å². The number of hydrogen-bond acceptors (Lipinski definition) is 4. The minimum atomic E-state index is -3.44. The van der Waals surface area contributed by atoms with Crippen molar-refractivity contribution in [1.82, 2.24) is 14.7 Å². The molecular weight excluding hydrogens is 240 g/mol. The summed E-state index contributed by atoms with van der Waals surface area (Å²) in [5.74, 6) is 0.803. The molecule has 1 aliphatic carbocycles. The summed E-state index contributed by atoms with van der Waals surface area (Å²) in [5.41, 5.74) is 5.66. The van der Waals surface area contributed by atoms with Crippen molar-refractivity contribution in [2.75, 3.05) is 13.1 Å². The Labute approximate surface area is 101 Å². The first-order chi connectivity index (χ1) is 8.13. The lowest BCUT2D eigenvalue weighted by Gasteiger charge is -2.17. The zero-order valence-electron chi connectivity index (χ0n) is 9.59. The van der Waals surface area contributed by atoms with E-state index in [2.05, 4.69) is 14.7 Å². The molecule has 1 fully saturated rings. The quantitative estimate of drug-likeness (QED) is 0.695. The number of imidazole rings is 1. The molecular formula is C10H18N4O2S. The number of sulfonamides is 1. The number of H-pyrrole nitrogens is 1. The van der Waals surface area contributed by atoms with Gasteiger partial charge in [0.15, 0.2) is 5.03 Å². The first-order valence-electron chi connectivity index (χ1n) is 5.81. The van der Waals surface area contributed by atoms with Crippen LogP contribution in [0, 0.1) is 11.8 Å². The van der Waals surface area contributed by atoms with E-state index in [1.54, 1.807) is 0 Å². The highest BCUT2D eigenvalue weighted by Crippen LogP contribution is 2.30. The summed E-state index contributed by atoms with van der Waals surface area (Å²) in [6, 6.07) is 0. The van der Waals surface area contributed by atoms with Crippen LogP contribution in [-0.4, -0.2) is 31.5 Å². The van der Waals surface area contributed by atoms with Crippen LogP contribution in [0.4, 0.5) is 0 Å². The first-order valence-corrected chi connectivity index (χ1v) is 7.30. The van der Waals surface area contributed by atoms with Crippen LogP contribution in [0.3, 0.4) is 0 Å². The Kier molecular flexibility index (Phi) is 3.80. The van der Waals surface area contributed by atoms with Gasteiger partial charge in [0.2, 0.25) is 0 Å². The van der Waals surface area contributed by atoms with E-state index in [9.17, 15) is 8.42 Å². The fraction of sp³-hybridized carbons (Fsp3) is 0.700. The molecule has 96 valence electrons. The Bertz CT molecular complexity index is 443. The molecule has 2 atom stereocenters. The van der Waals surface area contributed by atoms with Crippen molar-refractivity contribution in [2.45, 2.75) is 24.3 Å². The van der Waals surface area contributed by atoms with Gasteiger partial charge in [-0.2, -0.15) is 0 Å². The summed E-state index contributed by atoms with van der Waals surface area (Å²) in [6.45, 7) is 1.10. The normalized spacial score (nSPS) is 25.2. The molecule has 0 amide bonds. The minimum absolute atomic E-state index is 0.111. The fourth-order valence-corrected chi connectivity index (χ4v) is 3.37. The molecule has 0 spiro atoms. The van der Waals surface area contributed by atoms with Crippen LogP contribution >= 0.6 is 0 Å². The Hall–Kier alpha value is -0.920. The number of nitrogens with zero attached hydrogens (tertiary/aromatic N) is 1. The lowest BCUT2D eigenvalue weighted by Crippen LogP contribution is -2.33. The minimum Gasteiger partial charge on any atom is -0.335 e. The molecule has 0 aromatic carbocycles. The van der Waals surface area contributed by atoms with E-state index in [0.717, 1.165) is 19.3 Å². The molecule has 1 heterocycles. The number of hydrogen-bond donors (Lipinski definition) is 3. The van der Waals surface area contributed by atoms with Gasteiger partial charge in [-0.1, -0.05) is 6.42 Å². The van der Waals surface area contributed by atoms with Gasteiger partial charge in [0.05, 0.1) is 12.5 Å². The van der Waals surface area contributed by atoms with Gasteiger partial charge >= 0.3 is 0 Å². The van der Waals surface area contributed by atoms with Crippen molar-refractivity contribution in [3.63, 3.8) is 0 Å². The van der Waals surface area contributed by atoms with Gasteiger partial charge in [-0.15, -0.1) is 0 Å². The summed E-state index contributed by atoms with van der Waals surface area (Å²) >= 11 is 0. The zero-order chi connectivity index (χ0) is 12.3. The smallest absolute Gasteiger partial charge is 0.257 e. The van der Waals surface area contributed by atoms with Crippen LogP contribution in [0.2, 0.25) is 0 Å². The van der Waals surface area contributed by atoms with Gasteiger partial charge in [-0.25, -0.2) is 18.1 Å². The third-order valence-electron chi connectivity index (χ3n) is 3.42. The first kappa shape index (κ1) is 12.5. The second-order valence-electron chi connectivity index (χ2n) is 4.45. The average molecular weight is 258 g/mol. The van der Waals surface area contributed by atoms with E-state index < -0.39 is 10.0 Å². The van der Waals surface area contributed by atoms with Crippen molar-refractivity contribution >= 4 is 10.0 Å². The van der Waals surface area contributed by atoms with Gasteiger partial charge in [0.1, 0.15) is 0 Å². The zero-order valence-corrected chi connectivity index (χ0v) is 10.4. The van der Waals surface area contributed by atoms with Crippen molar-refractivity contribution < 1.29 is 8.42 Å². The Morgan fingerprint density at radius 1 is 1.47 bits per heavy atom. The van der Waals surface area contributed by atoms with Crippen molar-refractivity contribution in [2.24, 2.45) is 17.6 Å². The molecule has 1 aliphatic rings. The highest BCUT2D eigenvalue weighted by atomic mass is 32.2. The van der Waals surface area contributed by atoms with E-state index >= 15 is 0 Å². The molecule has 4 N–H and O–H groups in total. The molecule has 0 aliphatic heterocycles. The SMILES string of the molecule is NCC1CCCC1CNS(=O)(=O)c1cnc[nH]1. The highest BCUT2D eigenvalue weighted by molar-refractivity contribution is 7.89. The third kappa shape index (κ3) is 2.85. The predicted molar refractivity (Wildman–Crippen MR) is 63.7 cm³/mol. The second-order valence-corrected chi connectivity index (χ2v) is 6.19. The fourth-order valence-electron chi connectivity index (χ4n) is 2.38. The Morgan fingerprint density at radius 2 is 2.24 bits per heavy atom. The number of nitrogens with one attached hydrogen (secondary N) is 2. The topological polar surface area (TPSA) is 101 Å². The number of aromatic amines is 1. The molecule has 1 aromatic heterocycles. The average Bonchev–Trinajstić information content (AvgIpc) is 2.97. The molecule has 1 saturated carbocycles. The van der Waals surface area contributed by atoms with Gasteiger partial charge in [-0.05, 0) is 31.2 Å². The summed E-state index contributed by atoms with van der Waals surface area (Å²) in [4.78, 5) is 6.30. The molecule has 17 heavy (non-hydrogen) atoms. The molecule has 6 nitrogen and oxygen atoms in total. The van der Waals surface area contributed by atoms with Gasteiger partial charge in [0.25, 0.3) is 10.0 Å². The van der Waals surface area contributed by atoms with E-state index in [1.165, 1.54) is 12.5 Å².